The largest absolute Gasteiger partial charge is 0.586 e. The zero-order valence-corrected chi connectivity index (χ0v) is 14.4. The first-order chi connectivity index (χ1) is 13.5. The monoisotopic (exact) mass is 385 g/mol. The highest BCUT2D eigenvalue weighted by molar-refractivity contribution is 5.82. The van der Waals surface area contributed by atoms with Crippen molar-refractivity contribution in [3.8, 4) is 23.1 Å². The van der Waals surface area contributed by atoms with Crippen LogP contribution in [0.15, 0.2) is 46.9 Å². The molecule has 0 fully saturated rings. The Balaban J connectivity index is 1.38. The first kappa shape index (κ1) is 16.5. The van der Waals surface area contributed by atoms with Crippen molar-refractivity contribution >= 4 is 16.7 Å². The van der Waals surface area contributed by atoms with Crippen molar-refractivity contribution in [1.29, 1.82) is 0 Å². The van der Waals surface area contributed by atoms with Crippen LogP contribution in [-0.4, -0.2) is 26.9 Å². The van der Waals surface area contributed by atoms with E-state index in [2.05, 4.69) is 35.4 Å². The van der Waals surface area contributed by atoms with Crippen LogP contribution >= 0.6 is 0 Å². The third kappa shape index (κ3) is 2.88. The van der Waals surface area contributed by atoms with Crippen molar-refractivity contribution in [2.75, 3.05) is 5.32 Å². The number of fused-ring (bicyclic) bond motifs is 2. The molecule has 0 saturated carbocycles. The molecule has 0 aliphatic carbocycles. The number of hydrogen-bond donors (Lipinski definition) is 2. The first-order valence-corrected chi connectivity index (χ1v) is 8.41. The highest BCUT2D eigenvalue weighted by atomic mass is 19.3. The number of alkyl halides is 2. The van der Waals surface area contributed by atoms with Gasteiger partial charge in [-0.15, -0.1) is 19.0 Å². The molecule has 0 spiro atoms. The van der Waals surface area contributed by atoms with Gasteiger partial charge < -0.3 is 19.2 Å². The van der Waals surface area contributed by atoms with Crippen LogP contribution in [0.25, 0.3) is 22.6 Å². The fourth-order valence-electron chi connectivity index (χ4n) is 3.08. The van der Waals surface area contributed by atoms with Gasteiger partial charge in [0.25, 0.3) is 0 Å². The predicted octanol–water partition coefficient (Wildman–Crippen LogP) is 4.11. The van der Waals surface area contributed by atoms with Crippen LogP contribution in [0, 0.1) is 0 Å². The summed E-state index contributed by atoms with van der Waals surface area (Å²) in [5, 5.41) is 17.9. The van der Waals surface area contributed by atoms with Gasteiger partial charge in [0.1, 0.15) is 5.58 Å². The van der Waals surface area contributed by atoms with Crippen LogP contribution in [-0.2, 0) is 0 Å². The maximum Gasteiger partial charge on any atom is 0.586 e. The van der Waals surface area contributed by atoms with E-state index in [4.69, 9.17) is 4.42 Å². The molecule has 8 nitrogen and oxygen atoms in total. The molecule has 10 heteroatoms. The van der Waals surface area contributed by atoms with Crippen molar-refractivity contribution in [2.45, 2.75) is 19.3 Å². The molecule has 1 unspecified atom stereocenters. The Hall–Kier alpha value is -3.69. The summed E-state index contributed by atoms with van der Waals surface area (Å²) in [4.78, 5) is 0. The lowest BCUT2D eigenvalue weighted by molar-refractivity contribution is -0.286. The van der Waals surface area contributed by atoms with Crippen LogP contribution in [0.2, 0.25) is 0 Å². The van der Waals surface area contributed by atoms with E-state index in [1.165, 1.54) is 12.1 Å². The molecule has 1 atom stereocenters. The summed E-state index contributed by atoms with van der Waals surface area (Å²) < 4.78 is 40.9. The third-order valence-corrected chi connectivity index (χ3v) is 4.39. The molecule has 4 aromatic rings. The van der Waals surface area contributed by atoms with E-state index in [-0.39, 0.29) is 17.5 Å². The lowest BCUT2D eigenvalue weighted by Crippen LogP contribution is -2.25. The van der Waals surface area contributed by atoms with Crippen LogP contribution in [0.3, 0.4) is 0 Å². The number of rotatable bonds is 4. The molecule has 0 saturated heterocycles. The van der Waals surface area contributed by atoms with Gasteiger partial charge >= 0.3 is 6.29 Å². The number of nitrogens with zero attached hydrogens (tertiary/aromatic N) is 3. The Morgan fingerprint density at radius 1 is 1.07 bits per heavy atom. The number of halogens is 2. The Morgan fingerprint density at radius 3 is 2.75 bits per heavy atom. The molecular formula is C18H13F2N5O3. The molecule has 3 heterocycles. The molecule has 142 valence electrons. The van der Waals surface area contributed by atoms with Crippen molar-refractivity contribution in [1.82, 2.24) is 20.6 Å². The molecule has 28 heavy (non-hydrogen) atoms. The normalized spacial score (nSPS) is 15.7. The number of hydrogen-bond acceptors (Lipinski definition) is 7. The molecule has 1 aliphatic rings. The van der Waals surface area contributed by atoms with Gasteiger partial charge in [-0.3, -0.25) is 0 Å². The number of H-pyrrole nitrogens is 1. The van der Waals surface area contributed by atoms with Crippen LogP contribution in [0.5, 0.6) is 11.5 Å². The fourth-order valence-corrected chi connectivity index (χ4v) is 3.08. The number of tetrazole rings is 1. The van der Waals surface area contributed by atoms with Gasteiger partial charge in [-0.25, -0.2) is 0 Å². The number of aromatic amines is 1. The average Bonchev–Trinajstić information content (AvgIpc) is 3.37. The van der Waals surface area contributed by atoms with E-state index in [1.807, 2.05) is 31.2 Å². The predicted molar refractivity (Wildman–Crippen MR) is 94.1 cm³/mol. The van der Waals surface area contributed by atoms with E-state index in [0.29, 0.717) is 22.9 Å². The van der Waals surface area contributed by atoms with Gasteiger partial charge in [-0.2, -0.15) is 5.21 Å². The van der Waals surface area contributed by atoms with Gasteiger partial charge in [0.2, 0.25) is 5.82 Å². The van der Waals surface area contributed by atoms with E-state index in [1.54, 1.807) is 6.07 Å². The van der Waals surface area contributed by atoms with E-state index < -0.39 is 6.29 Å². The number of aromatic nitrogens is 4. The quantitative estimate of drug-likeness (QED) is 0.545. The number of anilines is 1. The second-order valence-electron chi connectivity index (χ2n) is 6.34. The van der Waals surface area contributed by atoms with E-state index in [9.17, 15) is 8.78 Å². The standard InChI is InChI=1S/C18H13F2N5O3/c1-9(21-12-3-5-14-15(8-12)28-18(19,20)27-14)10-2-4-13-11(6-10)7-16(26-13)17-22-24-25-23-17/h2-9,21H,1H3,(H,22,23,24,25). The Kier molecular flexibility index (Phi) is 3.48. The topological polar surface area (TPSA) is 98.1 Å². The minimum atomic E-state index is -3.63. The van der Waals surface area contributed by atoms with Crippen molar-refractivity contribution in [3.05, 3.63) is 48.0 Å². The zero-order chi connectivity index (χ0) is 19.3. The van der Waals surface area contributed by atoms with Gasteiger partial charge in [-0.1, -0.05) is 6.07 Å². The van der Waals surface area contributed by atoms with Crippen LogP contribution in [0.1, 0.15) is 18.5 Å². The van der Waals surface area contributed by atoms with E-state index in [0.717, 1.165) is 10.9 Å². The molecule has 0 amide bonds. The summed E-state index contributed by atoms with van der Waals surface area (Å²) in [5.74, 6) is 0.897. The lowest BCUT2D eigenvalue weighted by atomic mass is 10.1. The molecule has 2 aromatic heterocycles. The molecule has 2 aromatic carbocycles. The number of ether oxygens (including phenoxy) is 2. The minimum Gasteiger partial charge on any atom is -0.453 e. The SMILES string of the molecule is CC(Nc1ccc2c(c1)OC(F)(F)O2)c1ccc2oc(-c3nn[nH]n3)cc2c1. The van der Waals surface area contributed by atoms with Gasteiger partial charge in [0, 0.05) is 23.2 Å². The maximum absolute atomic E-state index is 13.2. The number of nitrogens with one attached hydrogen (secondary N) is 2. The van der Waals surface area contributed by atoms with Gasteiger partial charge in [-0.05, 0) is 48.0 Å². The Labute approximate surface area is 156 Å². The Bertz CT molecular complexity index is 1160. The highest BCUT2D eigenvalue weighted by Gasteiger charge is 2.43. The smallest absolute Gasteiger partial charge is 0.453 e. The Morgan fingerprint density at radius 2 is 1.93 bits per heavy atom. The van der Waals surface area contributed by atoms with Crippen LogP contribution < -0.4 is 14.8 Å². The van der Waals surface area contributed by atoms with E-state index >= 15 is 0 Å². The fraction of sp³-hybridized carbons (Fsp3) is 0.167. The summed E-state index contributed by atoms with van der Waals surface area (Å²) in [5.41, 5.74) is 2.31. The molecule has 1 aliphatic heterocycles. The molecule has 0 radical (unpaired) electrons. The second kappa shape index (κ2) is 5.91. The summed E-state index contributed by atoms with van der Waals surface area (Å²) in [6.07, 6.45) is -3.63. The summed E-state index contributed by atoms with van der Waals surface area (Å²) in [7, 11) is 0. The third-order valence-electron chi connectivity index (χ3n) is 4.39. The van der Waals surface area contributed by atoms with Crippen LogP contribution in [0.4, 0.5) is 14.5 Å². The first-order valence-electron chi connectivity index (χ1n) is 8.41. The zero-order valence-electron chi connectivity index (χ0n) is 14.4. The summed E-state index contributed by atoms with van der Waals surface area (Å²) in [6, 6.07) is 12.1. The van der Waals surface area contributed by atoms with Crippen molar-refractivity contribution < 1.29 is 22.7 Å². The summed E-state index contributed by atoms with van der Waals surface area (Å²) in [6.45, 7) is 1.96. The summed E-state index contributed by atoms with van der Waals surface area (Å²) >= 11 is 0. The highest BCUT2D eigenvalue weighted by Crippen LogP contribution is 2.42. The molecule has 0 bridgehead atoms. The van der Waals surface area contributed by atoms with Crippen molar-refractivity contribution in [2.24, 2.45) is 0 Å². The van der Waals surface area contributed by atoms with Gasteiger partial charge in [0.05, 0.1) is 0 Å². The maximum atomic E-state index is 13.2. The second-order valence-corrected chi connectivity index (χ2v) is 6.34. The number of furan rings is 1. The molecule has 2 N–H and O–H groups in total. The number of benzene rings is 2. The average molecular weight is 385 g/mol. The van der Waals surface area contributed by atoms with Gasteiger partial charge in [0.15, 0.2) is 17.3 Å². The molecule has 5 rings (SSSR count). The van der Waals surface area contributed by atoms with Crippen molar-refractivity contribution in [3.63, 3.8) is 0 Å². The molecular weight excluding hydrogens is 372 g/mol. The lowest BCUT2D eigenvalue weighted by Gasteiger charge is -2.16. The minimum absolute atomic E-state index is 0.00256.